The fourth-order valence-corrected chi connectivity index (χ4v) is 3.15. The largest absolute Gasteiger partial charge is 0.356 e. The van der Waals surface area contributed by atoms with Gasteiger partial charge in [-0.1, -0.05) is 30.4 Å². The number of para-hydroxylation sites is 1. The molecular weight excluding hydrogens is 252 g/mol. The molecule has 1 aromatic heterocycles. The van der Waals surface area contributed by atoms with Crippen molar-refractivity contribution in [3.05, 3.63) is 24.3 Å². The Hall–Kier alpha value is -0.800. The fraction of sp³-hybridized carbons (Fsp3) is 0.462. The van der Waals surface area contributed by atoms with Gasteiger partial charge in [0, 0.05) is 11.4 Å². The normalized spacial score (nSPS) is 14.8. The summed E-state index contributed by atoms with van der Waals surface area (Å²) in [4.78, 5) is 4.59. The molecule has 2 aromatic rings. The number of hydrogen-bond acceptors (Lipinski definition) is 3. The number of rotatable bonds is 5. The van der Waals surface area contributed by atoms with Crippen LogP contribution >= 0.6 is 22.9 Å². The van der Waals surface area contributed by atoms with Crippen molar-refractivity contribution >= 4 is 38.3 Å². The Bertz CT molecular complexity index is 464. The number of halogens is 1. The van der Waals surface area contributed by atoms with Gasteiger partial charge in [-0.25, -0.2) is 4.98 Å². The third-order valence-electron chi connectivity index (χ3n) is 3.13. The van der Waals surface area contributed by atoms with Crippen LogP contribution in [0.5, 0.6) is 0 Å². The second-order valence-corrected chi connectivity index (χ2v) is 5.87. The summed E-state index contributed by atoms with van der Waals surface area (Å²) in [6.45, 7) is 4.37. The van der Waals surface area contributed by atoms with Crippen molar-refractivity contribution in [2.75, 3.05) is 11.2 Å². The molecule has 0 aliphatic heterocycles. The second kappa shape index (κ2) is 5.23. The lowest BCUT2D eigenvalue weighted by molar-refractivity contribution is 0.481. The number of thiazole rings is 1. The van der Waals surface area contributed by atoms with E-state index in [9.17, 15) is 0 Å². The van der Waals surface area contributed by atoms with Crippen LogP contribution in [-0.4, -0.2) is 16.4 Å². The molecule has 0 radical (unpaired) electrons. The van der Waals surface area contributed by atoms with Crippen LogP contribution in [0, 0.1) is 0 Å². The summed E-state index contributed by atoms with van der Waals surface area (Å²) in [6.07, 6.45) is 1.98. The topological polar surface area (TPSA) is 24.9 Å². The summed E-state index contributed by atoms with van der Waals surface area (Å²) >= 11 is 7.55. The minimum absolute atomic E-state index is 0.0373. The zero-order valence-corrected chi connectivity index (χ0v) is 11.7. The number of hydrogen-bond donors (Lipinski definition) is 1. The molecule has 0 aliphatic carbocycles. The molecule has 1 N–H and O–H groups in total. The highest BCUT2D eigenvalue weighted by Crippen LogP contribution is 2.29. The molecule has 4 heteroatoms. The Morgan fingerprint density at radius 2 is 2.18 bits per heavy atom. The standard InChI is InChI=1S/C13H17ClN2S/c1-3-13(2,8-9-14)16-12-15-10-6-4-5-7-11(10)17-12/h4-7H,3,8-9H2,1-2H3,(H,15,16). The molecule has 0 aliphatic rings. The van der Waals surface area contributed by atoms with Gasteiger partial charge in [0.15, 0.2) is 5.13 Å². The molecule has 1 atom stereocenters. The van der Waals surface area contributed by atoms with Crippen molar-refractivity contribution in [1.29, 1.82) is 0 Å². The first-order valence-electron chi connectivity index (χ1n) is 5.86. The van der Waals surface area contributed by atoms with Crippen molar-refractivity contribution < 1.29 is 0 Å². The van der Waals surface area contributed by atoms with E-state index in [1.807, 2.05) is 18.2 Å². The molecule has 1 aromatic carbocycles. The number of nitrogens with zero attached hydrogens (tertiary/aromatic N) is 1. The van der Waals surface area contributed by atoms with E-state index in [0.29, 0.717) is 5.88 Å². The number of benzene rings is 1. The predicted molar refractivity (Wildman–Crippen MR) is 77.3 cm³/mol. The molecule has 92 valence electrons. The average Bonchev–Trinajstić information content (AvgIpc) is 2.71. The highest BCUT2D eigenvalue weighted by molar-refractivity contribution is 7.22. The lowest BCUT2D eigenvalue weighted by Crippen LogP contribution is -2.34. The van der Waals surface area contributed by atoms with Gasteiger partial charge in [-0.15, -0.1) is 11.6 Å². The van der Waals surface area contributed by atoms with E-state index in [0.717, 1.165) is 23.5 Å². The van der Waals surface area contributed by atoms with Crippen LogP contribution in [0.2, 0.25) is 0 Å². The first kappa shape index (κ1) is 12.7. The zero-order chi connectivity index (χ0) is 12.3. The molecule has 0 saturated heterocycles. The molecular formula is C13H17ClN2S. The number of alkyl halides is 1. The zero-order valence-electron chi connectivity index (χ0n) is 10.2. The van der Waals surface area contributed by atoms with Gasteiger partial charge in [0.05, 0.1) is 10.2 Å². The number of anilines is 1. The van der Waals surface area contributed by atoms with E-state index in [1.54, 1.807) is 11.3 Å². The van der Waals surface area contributed by atoms with E-state index in [1.165, 1.54) is 4.70 Å². The van der Waals surface area contributed by atoms with E-state index >= 15 is 0 Å². The summed E-state index contributed by atoms with van der Waals surface area (Å²) < 4.78 is 1.22. The van der Waals surface area contributed by atoms with Crippen molar-refractivity contribution in [2.24, 2.45) is 0 Å². The Balaban J connectivity index is 2.22. The van der Waals surface area contributed by atoms with Gasteiger partial charge in [-0.2, -0.15) is 0 Å². The summed E-state index contributed by atoms with van der Waals surface area (Å²) in [7, 11) is 0. The van der Waals surface area contributed by atoms with Crippen LogP contribution in [-0.2, 0) is 0 Å². The van der Waals surface area contributed by atoms with Crippen LogP contribution in [0.1, 0.15) is 26.7 Å². The first-order valence-corrected chi connectivity index (χ1v) is 7.22. The molecule has 0 amide bonds. The Morgan fingerprint density at radius 1 is 1.41 bits per heavy atom. The van der Waals surface area contributed by atoms with Crippen LogP contribution in [0.4, 0.5) is 5.13 Å². The van der Waals surface area contributed by atoms with Crippen molar-refractivity contribution in [3.8, 4) is 0 Å². The number of fused-ring (bicyclic) bond motifs is 1. The van der Waals surface area contributed by atoms with Gasteiger partial charge in [0.1, 0.15) is 0 Å². The van der Waals surface area contributed by atoms with E-state index < -0.39 is 0 Å². The van der Waals surface area contributed by atoms with Gasteiger partial charge in [0.25, 0.3) is 0 Å². The molecule has 2 nitrogen and oxygen atoms in total. The van der Waals surface area contributed by atoms with Gasteiger partial charge in [0.2, 0.25) is 0 Å². The van der Waals surface area contributed by atoms with Crippen LogP contribution < -0.4 is 5.32 Å². The van der Waals surface area contributed by atoms with E-state index in [2.05, 4.69) is 30.2 Å². The smallest absolute Gasteiger partial charge is 0.184 e. The molecule has 0 bridgehead atoms. The summed E-state index contributed by atoms with van der Waals surface area (Å²) in [5.74, 6) is 0.669. The maximum absolute atomic E-state index is 5.85. The number of aromatic nitrogens is 1. The molecule has 1 unspecified atom stereocenters. The maximum atomic E-state index is 5.85. The summed E-state index contributed by atoms with van der Waals surface area (Å²) in [6, 6.07) is 8.20. The SMILES string of the molecule is CCC(C)(CCCl)Nc1nc2ccccc2s1. The van der Waals surface area contributed by atoms with Gasteiger partial charge in [-0.3, -0.25) is 0 Å². The lowest BCUT2D eigenvalue weighted by atomic mass is 9.96. The molecule has 2 rings (SSSR count). The molecule has 0 saturated carbocycles. The quantitative estimate of drug-likeness (QED) is 0.808. The highest BCUT2D eigenvalue weighted by Gasteiger charge is 2.22. The summed E-state index contributed by atoms with van der Waals surface area (Å²) in [5, 5.41) is 4.51. The minimum Gasteiger partial charge on any atom is -0.356 e. The third-order valence-corrected chi connectivity index (χ3v) is 4.27. The predicted octanol–water partition coefficient (Wildman–Crippen LogP) is 4.51. The Kier molecular flexibility index (Phi) is 3.89. The maximum Gasteiger partial charge on any atom is 0.184 e. The Labute approximate surface area is 111 Å². The molecule has 0 fully saturated rings. The Morgan fingerprint density at radius 3 is 2.82 bits per heavy atom. The first-order chi connectivity index (χ1) is 8.17. The van der Waals surface area contributed by atoms with Crippen molar-refractivity contribution in [1.82, 2.24) is 4.98 Å². The van der Waals surface area contributed by atoms with E-state index in [4.69, 9.17) is 11.6 Å². The van der Waals surface area contributed by atoms with E-state index in [-0.39, 0.29) is 5.54 Å². The monoisotopic (exact) mass is 268 g/mol. The number of nitrogens with one attached hydrogen (secondary N) is 1. The van der Waals surface area contributed by atoms with Crippen LogP contribution in [0.25, 0.3) is 10.2 Å². The van der Waals surface area contributed by atoms with Crippen LogP contribution in [0.15, 0.2) is 24.3 Å². The second-order valence-electron chi connectivity index (χ2n) is 4.46. The highest BCUT2D eigenvalue weighted by atomic mass is 35.5. The molecule has 0 spiro atoms. The molecule has 17 heavy (non-hydrogen) atoms. The molecule has 1 heterocycles. The van der Waals surface area contributed by atoms with Crippen LogP contribution in [0.3, 0.4) is 0 Å². The fourth-order valence-electron chi connectivity index (χ4n) is 1.72. The summed E-state index contributed by atoms with van der Waals surface area (Å²) in [5.41, 5.74) is 1.10. The minimum atomic E-state index is 0.0373. The average molecular weight is 269 g/mol. The third kappa shape index (κ3) is 2.90. The van der Waals surface area contributed by atoms with Crippen molar-refractivity contribution in [2.45, 2.75) is 32.2 Å². The van der Waals surface area contributed by atoms with Gasteiger partial charge < -0.3 is 5.32 Å². The van der Waals surface area contributed by atoms with Crippen molar-refractivity contribution in [3.63, 3.8) is 0 Å². The lowest BCUT2D eigenvalue weighted by Gasteiger charge is -2.28. The van der Waals surface area contributed by atoms with Gasteiger partial charge in [-0.05, 0) is 31.9 Å². The van der Waals surface area contributed by atoms with Gasteiger partial charge >= 0.3 is 0 Å².